The van der Waals surface area contributed by atoms with Crippen molar-refractivity contribution in [2.24, 2.45) is 28.6 Å². The Morgan fingerprint density at radius 1 is 1.26 bits per heavy atom. The van der Waals surface area contributed by atoms with Crippen molar-refractivity contribution in [2.75, 3.05) is 12.4 Å². The lowest BCUT2D eigenvalue weighted by Gasteiger charge is -2.61. The minimum absolute atomic E-state index is 0.0518. The van der Waals surface area contributed by atoms with E-state index in [0.29, 0.717) is 31.4 Å². The molecule has 35 heavy (non-hydrogen) atoms. The van der Waals surface area contributed by atoms with Gasteiger partial charge in [0.15, 0.2) is 17.6 Å². The zero-order valence-corrected chi connectivity index (χ0v) is 22.1. The van der Waals surface area contributed by atoms with Crippen LogP contribution in [0, 0.1) is 40.4 Å². The molecule has 1 aromatic heterocycles. The standard InChI is InChI=1S/C27H31BrO7/c1-5-6-20-16(8-10-34-20)15-11-19(29)17-7-9-26(2)18(25(32)33-4)12-21(35-22(30)14-28)23(31)24(26)27(17,3)13-15/h8,10,15,17-18,21,24H,7,9,11-14H2,1-4H3/t15-,17-,18-,21-,24-,26-,27-/m0/s1. The number of alkyl halides is 1. The third-order valence-electron chi connectivity index (χ3n) is 8.70. The maximum absolute atomic E-state index is 14.0. The molecule has 0 N–H and O–H groups in total. The van der Waals surface area contributed by atoms with Gasteiger partial charge in [-0.2, -0.15) is 0 Å². The topological polar surface area (TPSA) is 99.9 Å². The van der Waals surface area contributed by atoms with Gasteiger partial charge in [0, 0.05) is 30.2 Å². The van der Waals surface area contributed by atoms with Crippen molar-refractivity contribution in [3.63, 3.8) is 0 Å². The fourth-order valence-electron chi connectivity index (χ4n) is 7.35. The van der Waals surface area contributed by atoms with Crippen LogP contribution in [0.15, 0.2) is 16.7 Å². The second-order valence-corrected chi connectivity index (χ2v) is 11.1. The number of ether oxygens (including phenoxy) is 2. The van der Waals surface area contributed by atoms with E-state index >= 15 is 0 Å². The maximum atomic E-state index is 14.0. The van der Waals surface area contributed by atoms with Gasteiger partial charge < -0.3 is 13.9 Å². The van der Waals surface area contributed by atoms with Gasteiger partial charge in [0.25, 0.3) is 0 Å². The molecule has 3 saturated carbocycles. The second kappa shape index (κ2) is 9.57. The summed E-state index contributed by atoms with van der Waals surface area (Å²) in [6.45, 7) is 5.68. The van der Waals surface area contributed by atoms with Gasteiger partial charge in [-0.05, 0) is 54.9 Å². The van der Waals surface area contributed by atoms with Crippen LogP contribution in [-0.4, -0.2) is 42.0 Å². The second-order valence-electron chi connectivity index (χ2n) is 10.5. The van der Waals surface area contributed by atoms with E-state index in [-0.39, 0.29) is 35.2 Å². The summed E-state index contributed by atoms with van der Waals surface area (Å²) >= 11 is 3.08. The van der Waals surface area contributed by atoms with Crippen molar-refractivity contribution in [1.82, 2.24) is 0 Å². The molecule has 0 aromatic carbocycles. The van der Waals surface area contributed by atoms with Gasteiger partial charge in [0.05, 0.1) is 19.3 Å². The van der Waals surface area contributed by atoms with Crippen LogP contribution < -0.4 is 0 Å². The molecule has 3 aliphatic rings. The van der Waals surface area contributed by atoms with E-state index in [0.717, 1.165) is 5.56 Å². The third kappa shape index (κ3) is 4.16. The zero-order chi connectivity index (χ0) is 25.5. The van der Waals surface area contributed by atoms with Gasteiger partial charge in [-0.15, -0.1) is 0 Å². The number of carbonyl (C=O) groups is 4. The van der Waals surface area contributed by atoms with Crippen molar-refractivity contribution in [1.29, 1.82) is 0 Å². The molecule has 7 nitrogen and oxygen atoms in total. The van der Waals surface area contributed by atoms with Crippen molar-refractivity contribution >= 4 is 39.4 Å². The predicted octanol–water partition coefficient (Wildman–Crippen LogP) is 4.21. The average Bonchev–Trinajstić information content (AvgIpc) is 3.28. The Hall–Kier alpha value is -2.40. The summed E-state index contributed by atoms with van der Waals surface area (Å²) in [5.74, 6) is 3.57. The smallest absolute Gasteiger partial charge is 0.317 e. The van der Waals surface area contributed by atoms with Gasteiger partial charge in [-0.3, -0.25) is 19.2 Å². The minimum Gasteiger partial charge on any atom is -0.469 e. The summed E-state index contributed by atoms with van der Waals surface area (Å²) in [5.41, 5.74) is -0.559. The highest BCUT2D eigenvalue weighted by Gasteiger charge is 2.67. The highest BCUT2D eigenvalue weighted by atomic mass is 79.9. The van der Waals surface area contributed by atoms with Gasteiger partial charge in [-0.1, -0.05) is 35.7 Å². The van der Waals surface area contributed by atoms with E-state index in [9.17, 15) is 19.2 Å². The molecular weight excluding hydrogens is 516 g/mol. The monoisotopic (exact) mass is 546 g/mol. The summed E-state index contributed by atoms with van der Waals surface area (Å²) < 4.78 is 16.2. The first-order valence-corrected chi connectivity index (χ1v) is 13.1. The minimum atomic E-state index is -1.05. The Kier molecular flexibility index (Phi) is 7.02. The van der Waals surface area contributed by atoms with Crippen LogP contribution in [0.1, 0.15) is 70.1 Å². The van der Waals surface area contributed by atoms with E-state index in [1.165, 1.54) is 7.11 Å². The maximum Gasteiger partial charge on any atom is 0.317 e. The summed E-state index contributed by atoms with van der Waals surface area (Å²) in [5, 5.41) is -0.0518. The van der Waals surface area contributed by atoms with Gasteiger partial charge in [0.2, 0.25) is 0 Å². The molecule has 0 aliphatic heterocycles. The van der Waals surface area contributed by atoms with E-state index in [1.807, 2.05) is 19.9 Å². The molecule has 3 fully saturated rings. The van der Waals surface area contributed by atoms with Gasteiger partial charge >= 0.3 is 11.9 Å². The van der Waals surface area contributed by atoms with Crippen LogP contribution in [0.4, 0.5) is 0 Å². The molecule has 0 bridgehead atoms. The first-order chi connectivity index (χ1) is 16.6. The molecule has 0 saturated heterocycles. The number of furan rings is 1. The fourth-order valence-corrected chi connectivity index (χ4v) is 7.48. The molecule has 7 atom stereocenters. The first kappa shape index (κ1) is 25.7. The number of rotatable bonds is 4. The van der Waals surface area contributed by atoms with Crippen LogP contribution >= 0.6 is 15.9 Å². The number of esters is 2. The summed E-state index contributed by atoms with van der Waals surface area (Å²) in [6, 6.07) is 1.85. The summed E-state index contributed by atoms with van der Waals surface area (Å²) in [7, 11) is 1.33. The number of carbonyl (C=O) groups excluding carboxylic acids is 4. The van der Waals surface area contributed by atoms with Gasteiger partial charge in [0.1, 0.15) is 11.1 Å². The lowest BCUT2D eigenvalue weighted by molar-refractivity contribution is -0.192. The summed E-state index contributed by atoms with van der Waals surface area (Å²) in [4.78, 5) is 52.6. The quantitative estimate of drug-likeness (QED) is 0.317. The number of hydrogen-bond donors (Lipinski definition) is 0. The Labute approximate surface area is 213 Å². The van der Waals surface area contributed by atoms with Crippen LogP contribution in [0.5, 0.6) is 0 Å². The Bertz CT molecular complexity index is 1110. The van der Waals surface area contributed by atoms with Crippen LogP contribution in [0.25, 0.3) is 0 Å². The van der Waals surface area contributed by atoms with Crippen molar-refractivity contribution in [2.45, 2.75) is 64.9 Å². The molecule has 0 spiro atoms. The van der Waals surface area contributed by atoms with Crippen LogP contribution in [0.2, 0.25) is 0 Å². The van der Waals surface area contributed by atoms with Crippen molar-refractivity contribution < 1.29 is 33.1 Å². The number of halogens is 1. The molecule has 3 aliphatic carbocycles. The molecule has 0 amide bonds. The highest BCUT2D eigenvalue weighted by molar-refractivity contribution is 9.09. The van der Waals surface area contributed by atoms with Gasteiger partial charge in [-0.25, -0.2) is 0 Å². The largest absolute Gasteiger partial charge is 0.469 e. The molecule has 0 unspecified atom stereocenters. The first-order valence-electron chi connectivity index (χ1n) is 12.0. The number of fused-ring (bicyclic) bond motifs is 3. The lowest BCUT2D eigenvalue weighted by Crippen LogP contribution is -2.64. The average molecular weight is 547 g/mol. The van der Waals surface area contributed by atoms with Crippen molar-refractivity contribution in [3.05, 3.63) is 23.7 Å². The van der Waals surface area contributed by atoms with E-state index in [4.69, 9.17) is 13.9 Å². The van der Waals surface area contributed by atoms with E-state index in [1.54, 1.807) is 13.2 Å². The number of Topliss-reactive ketones (excluding diaryl/α,β-unsaturated/α-hetero) is 2. The lowest BCUT2D eigenvalue weighted by atomic mass is 9.41. The van der Waals surface area contributed by atoms with E-state index in [2.05, 4.69) is 27.8 Å². The predicted molar refractivity (Wildman–Crippen MR) is 129 cm³/mol. The Balaban J connectivity index is 1.79. The number of methoxy groups -OCH3 is 1. The molecule has 1 heterocycles. The van der Waals surface area contributed by atoms with Crippen LogP contribution in [-0.2, 0) is 28.7 Å². The molecule has 0 radical (unpaired) electrons. The number of ketones is 2. The summed E-state index contributed by atoms with van der Waals surface area (Å²) in [6.07, 6.45) is 2.70. The van der Waals surface area contributed by atoms with Crippen LogP contribution in [0.3, 0.4) is 0 Å². The molecular formula is C27H31BrO7. The molecule has 188 valence electrons. The van der Waals surface area contributed by atoms with E-state index < -0.39 is 40.7 Å². The normalized spacial score (nSPS) is 36.3. The number of hydrogen-bond acceptors (Lipinski definition) is 7. The molecule has 4 rings (SSSR count). The Morgan fingerprint density at radius 3 is 2.66 bits per heavy atom. The SMILES string of the molecule is CC#Cc1occc1[C@H]1CC(=O)[C@@H]2CC[C@]3(C)[C@H](C(=O)[C@@H](OC(=O)CBr)C[C@H]3C(=O)OC)[C@@]2(C)C1. The zero-order valence-electron chi connectivity index (χ0n) is 20.5. The van der Waals surface area contributed by atoms with Crippen molar-refractivity contribution in [3.8, 4) is 11.8 Å². The molecule has 8 heteroatoms. The Morgan fingerprint density at radius 2 is 2.00 bits per heavy atom. The molecule has 1 aromatic rings. The third-order valence-corrected chi connectivity index (χ3v) is 9.16. The fraction of sp³-hybridized carbons (Fsp3) is 0.630. The highest BCUT2D eigenvalue weighted by Crippen LogP contribution is 2.65.